The fraction of sp³-hybridized carbons (Fsp3) is 0.818. The molecule has 7 heteroatoms. The Morgan fingerprint density at radius 1 is 1.28 bits per heavy atom. The van der Waals surface area contributed by atoms with Crippen LogP contribution in [0.5, 0.6) is 0 Å². The molecule has 2 bridgehead atoms. The first-order valence-corrected chi connectivity index (χ1v) is 5.78. The molecule has 2 aliphatic heterocycles. The van der Waals surface area contributed by atoms with E-state index in [9.17, 15) is 9.59 Å². The zero-order valence-electron chi connectivity index (χ0n) is 10.6. The Bertz CT molecular complexity index is 363. The number of hydrogen-bond donors (Lipinski definition) is 1. The molecule has 3 atom stereocenters. The number of rotatable bonds is 1. The van der Waals surface area contributed by atoms with Gasteiger partial charge in [-0.2, -0.15) is 0 Å². The Balaban J connectivity index is 1.99. The molecule has 0 aliphatic carbocycles. The molecule has 2 rings (SSSR count). The molecular formula is C11H17NO6. The summed E-state index contributed by atoms with van der Waals surface area (Å²) in [5.41, 5.74) is -0.582. The second-order valence-corrected chi connectivity index (χ2v) is 5.38. The maximum absolute atomic E-state index is 11.9. The molecule has 0 spiro atoms. The highest BCUT2D eigenvalue weighted by Gasteiger charge is 2.47. The lowest BCUT2D eigenvalue weighted by molar-refractivity contribution is -0.150. The Kier molecular flexibility index (Phi) is 3.20. The molecule has 0 saturated carbocycles. The van der Waals surface area contributed by atoms with Crippen molar-refractivity contribution in [3.8, 4) is 0 Å². The summed E-state index contributed by atoms with van der Waals surface area (Å²) in [5.74, 6) is -1.08. The van der Waals surface area contributed by atoms with Crippen LogP contribution in [0.1, 0.15) is 20.8 Å². The Labute approximate surface area is 105 Å². The number of fused-ring (bicyclic) bond motifs is 2. The molecule has 0 unspecified atom stereocenters. The van der Waals surface area contributed by atoms with E-state index in [1.54, 1.807) is 20.8 Å². The Hall–Kier alpha value is -1.34. The molecule has 2 fully saturated rings. The van der Waals surface area contributed by atoms with Gasteiger partial charge in [0.2, 0.25) is 0 Å². The monoisotopic (exact) mass is 259 g/mol. The van der Waals surface area contributed by atoms with Crippen LogP contribution in [0.15, 0.2) is 0 Å². The second-order valence-electron chi connectivity index (χ2n) is 5.38. The second kappa shape index (κ2) is 4.40. The minimum Gasteiger partial charge on any atom is -0.479 e. The number of nitrogens with zero attached hydrogens (tertiary/aromatic N) is 1. The Morgan fingerprint density at radius 2 is 1.94 bits per heavy atom. The minimum atomic E-state index is -1.08. The van der Waals surface area contributed by atoms with Crippen molar-refractivity contribution in [1.82, 2.24) is 4.90 Å². The maximum atomic E-state index is 11.9. The molecule has 0 aromatic carbocycles. The smallest absolute Gasteiger partial charge is 0.410 e. The number of aliphatic carboxylic acids is 1. The van der Waals surface area contributed by atoms with Gasteiger partial charge in [-0.15, -0.1) is 0 Å². The minimum absolute atomic E-state index is 0.169. The van der Waals surface area contributed by atoms with Crippen molar-refractivity contribution >= 4 is 12.1 Å². The van der Waals surface area contributed by atoms with Crippen LogP contribution < -0.4 is 0 Å². The third kappa shape index (κ3) is 2.73. The SMILES string of the molecule is CC(C)(C)OC(=O)N1C[C@@H]2O[C@H](C1)[C@H](C(=O)O)O2. The van der Waals surface area contributed by atoms with Crippen LogP contribution in [-0.2, 0) is 19.0 Å². The predicted octanol–water partition coefficient (Wildman–Crippen LogP) is 0.432. The number of carboxylic acid groups (broad SMARTS) is 1. The molecule has 7 nitrogen and oxygen atoms in total. The van der Waals surface area contributed by atoms with Crippen molar-refractivity contribution in [2.75, 3.05) is 13.1 Å². The van der Waals surface area contributed by atoms with Crippen molar-refractivity contribution in [2.45, 2.75) is 44.9 Å². The molecule has 2 saturated heterocycles. The van der Waals surface area contributed by atoms with Crippen LogP contribution in [0.25, 0.3) is 0 Å². The average Bonchev–Trinajstić information content (AvgIpc) is 2.51. The van der Waals surface area contributed by atoms with E-state index in [0.717, 1.165) is 0 Å². The highest BCUT2D eigenvalue weighted by Crippen LogP contribution is 2.27. The molecule has 1 amide bonds. The van der Waals surface area contributed by atoms with Crippen LogP contribution >= 0.6 is 0 Å². The fourth-order valence-corrected chi connectivity index (χ4v) is 1.94. The first-order chi connectivity index (χ1) is 8.26. The molecule has 0 radical (unpaired) electrons. The summed E-state index contributed by atoms with van der Waals surface area (Å²) in [5, 5.41) is 8.93. The van der Waals surface area contributed by atoms with Crippen LogP contribution in [0, 0.1) is 0 Å². The highest BCUT2D eigenvalue weighted by atomic mass is 16.7. The van der Waals surface area contributed by atoms with Crippen LogP contribution in [0.4, 0.5) is 4.79 Å². The fourth-order valence-electron chi connectivity index (χ4n) is 1.94. The first-order valence-electron chi connectivity index (χ1n) is 5.78. The molecule has 102 valence electrons. The van der Waals surface area contributed by atoms with Gasteiger partial charge in [0.15, 0.2) is 12.4 Å². The normalized spacial score (nSPS) is 31.3. The molecule has 0 aromatic heterocycles. The number of carbonyl (C=O) groups is 2. The van der Waals surface area contributed by atoms with E-state index >= 15 is 0 Å². The van der Waals surface area contributed by atoms with E-state index in [2.05, 4.69) is 0 Å². The third-order valence-electron chi connectivity index (χ3n) is 2.63. The number of hydrogen-bond acceptors (Lipinski definition) is 5. The molecule has 1 N–H and O–H groups in total. The van der Waals surface area contributed by atoms with E-state index in [4.69, 9.17) is 19.3 Å². The lowest BCUT2D eigenvalue weighted by Crippen LogP contribution is -2.49. The van der Waals surface area contributed by atoms with Gasteiger partial charge < -0.3 is 24.2 Å². The lowest BCUT2D eigenvalue weighted by Gasteiger charge is -2.32. The van der Waals surface area contributed by atoms with E-state index in [0.29, 0.717) is 0 Å². The van der Waals surface area contributed by atoms with Crippen molar-refractivity contribution in [1.29, 1.82) is 0 Å². The summed E-state index contributed by atoms with van der Waals surface area (Å²) < 4.78 is 15.7. The van der Waals surface area contributed by atoms with Gasteiger partial charge in [0.25, 0.3) is 0 Å². The number of carboxylic acids is 1. The lowest BCUT2D eigenvalue weighted by atomic mass is 10.2. The summed E-state index contributed by atoms with van der Waals surface area (Å²) >= 11 is 0. The van der Waals surface area contributed by atoms with Crippen molar-refractivity contribution in [3.05, 3.63) is 0 Å². The maximum Gasteiger partial charge on any atom is 0.410 e. The van der Waals surface area contributed by atoms with Gasteiger partial charge in [-0.3, -0.25) is 0 Å². The van der Waals surface area contributed by atoms with E-state index in [1.165, 1.54) is 4.90 Å². The zero-order chi connectivity index (χ0) is 13.5. The number of amides is 1. The summed E-state index contributed by atoms with van der Waals surface area (Å²) in [6.45, 7) is 5.68. The highest BCUT2D eigenvalue weighted by molar-refractivity contribution is 5.74. The Morgan fingerprint density at radius 3 is 2.50 bits per heavy atom. The van der Waals surface area contributed by atoms with Crippen molar-refractivity contribution in [3.63, 3.8) is 0 Å². The van der Waals surface area contributed by atoms with Crippen molar-refractivity contribution in [2.24, 2.45) is 0 Å². The molecule has 0 aromatic rings. The van der Waals surface area contributed by atoms with Crippen LogP contribution in [0.3, 0.4) is 0 Å². The number of morpholine rings is 1. The molecule has 18 heavy (non-hydrogen) atoms. The van der Waals surface area contributed by atoms with Crippen LogP contribution in [-0.4, -0.2) is 59.3 Å². The standard InChI is InChI=1S/C11H17NO6/c1-11(2,3)18-10(15)12-4-6-8(9(13)14)17-7(5-12)16-6/h6-8H,4-5H2,1-3H3,(H,13,14)/t6-,7-,8-/m1/s1. The van der Waals surface area contributed by atoms with Gasteiger partial charge in [-0.05, 0) is 20.8 Å². The summed E-state index contributed by atoms with van der Waals surface area (Å²) in [6.07, 6.45) is -2.80. The van der Waals surface area contributed by atoms with Gasteiger partial charge >= 0.3 is 12.1 Å². The topological polar surface area (TPSA) is 85.3 Å². The van der Waals surface area contributed by atoms with Gasteiger partial charge in [0, 0.05) is 0 Å². The summed E-state index contributed by atoms with van der Waals surface area (Å²) in [4.78, 5) is 24.2. The number of ether oxygens (including phenoxy) is 3. The van der Waals surface area contributed by atoms with Gasteiger partial charge in [-0.25, -0.2) is 9.59 Å². The molecule has 2 aliphatic rings. The average molecular weight is 259 g/mol. The van der Waals surface area contributed by atoms with Gasteiger partial charge in [-0.1, -0.05) is 0 Å². The molecule has 2 heterocycles. The van der Waals surface area contributed by atoms with E-state index in [-0.39, 0.29) is 13.1 Å². The van der Waals surface area contributed by atoms with Crippen molar-refractivity contribution < 1.29 is 28.9 Å². The van der Waals surface area contributed by atoms with E-state index < -0.39 is 36.2 Å². The zero-order valence-corrected chi connectivity index (χ0v) is 10.6. The largest absolute Gasteiger partial charge is 0.479 e. The van der Waals surface area contributed by atoms with Crippen LogP contribution in [0.2, 0.25) is 0 Å². The van der Waals surface area contributed by atoms with Gasteiger partial charge in [0.05, 0.1) is 13.1 Å². The predicted molar refractivity (Wildman–Crippen MR) is 59.0 cm³/mol. The first kappa shape index (κ1) is 13.1. The van der Waals surface area contributed by atoms with E-state index in [1.807, 2.05) is 0 Å². The quantitative estimate of drug-likeness (QED) is 0.735. The number of carbonyl (C=O) groups excluding carboxylic acids is 1. The summed E-state index contributed by atoms with van der Waals surface area (Å²) in [6, 6.07) is 0. The third-order valence-corrected chi connectivity index (χ3v) is 2.63. The van der Waals surface area contributed by atoms with Gasteiger partial charge in [0.1, 0.15) is 11.7 Å². The summed E-state index contributed by atoms with van der Waals surface area (Å²) in [7, 11) is 0. The molecular weight excluding hydrogens is 242 g/mol.